The van der Waals surface area contributed by atoms with Gasteiger partial charge in [-0.05, 0) is 68.1 Å². The van der Waals surface area contributed by atoms with E-state index in [1.165, 1.54) is 12.8 Å². The molecular formula is C52H92N8O12. The minimum Gasteiger partial charge on any atom is -0.481 e. The van der Waals surface area contributed by atoms with Gasteiger partial charge in [0.25, 0.3) is 0 Å². The van der Waals surface area contributed by atoms with E-state index in [-0.39, 0.29) is 56.3 Å². The fourth-order valence-electron chi connectivity index (χ4n) is 8.42. The lowest BCUT2D eigenvalue weighted by atomic mass is 9.97. The Morgan fingerprint density at radius 3 is 1.39 bits per heavy atom. The van der Waals surface area contributed by atoms with Crippen LogP contribution in [0.3, 0.4) is 0 Å². The van der Waals surface area contributed by atoms with Crippen LogP contribution < -0.4 is 43.0 Å². The van der Waals surface area contributed by atoms with Gasteiger partial charge in [-0.2, -0.15) is 0 Å². The predicted octanol–water partition coefficient (Wildman–Crippen LogP) is 4.20. The van der Waals surface area contributed by atoms with E-state index in [1.54, 1.807) is 34.6 Å². The second kappa shape index (κ2) is 34.2. The van der Waals surface area contributed by atoms with Crippen molar-refractivity contribution in [1.82, 2.24) is 37.2 Å². The van der Waals surface area contributed by atoms with E-state index in [0.29, 0.717) is 12.8 Å². The molecule has 0 aromatic heterocycles. The molecule has 72 heavy (non-hydrogen) atoms. The molecule has 20 nitrogen and oxygen atoms in total. The summed E-state index contributed by atoms with van der Waals surface area (Å²) in [6, 6.07) is -9.48. The summed E-state index contributed by atoms with van der Waals surface area (Å²) in [5, 5.41) is 28.4. The second-order valence-electron chi connectivity index (χ2n) is 21.3. The molecule has 8 amide bonds. The van der Waals surface area contributed by atoms with E-state index >= 15 is 0 Å². The Hall–Kier alpha value is -5.30. The molecule has 0 aliphatic carbocycles. The zero-order valence-corrected chi connectivity index (χ0v) is 45.2. The largest absolute Gasteiger partial charge is 0.481 e. The highest BCUT2D eigenvalue weighted by Crippen LogP contribution is 2.19. The van der Waals surface area contributed by atoms with Crippen molar-refractivity contribution in [2.75, 3.05) is 0 Å². The van der Waals surface area contributed by atoms with E-state index < -0.39 is 132 Å². The first-order valence-corrected chi connectivity index (χ1v) is 26.6. The molecule has 1 unspecified atom stereocenters. The number of rotatable bonds is 24. The van der Waals surface area contributed by atoms with Crippen LogP contribution in [0.15, 0.2) is 0 Å². The molecule has 20 heteroatoms. The maximum Gasteiger partial charge on any atom is 0.329 e. The van der Waals surface area contributed by atoms with Gasteiger partial charge in [-0.3, -0.25) is 43.2 Å². The molecule has 0 bridgehead atoms. The second-order valence-corrected chi connectivity index (χ2v) is 21.3. The van der Waals surface area contributed by atoms with Crippen LogP contribution in [0.2, 0.25) is 0 Å². The third-order valence-corrected chi connectivity index (χ3v) is 12.7. The van der Waals surface area contributed by atoms with Crippen LogP contribution in [0.5, 0.6) is 0 Å². The van der Waals surface area contributed by atoms with E-state index in [9.17, 15) is 53.1 Å². The molecule has 1 fully saturated rings. The Morgan fingerprint density at radius 1 is 0.542 bits per heavy atom. The van der Waals surface area contributed by atoms with Gasteiger partial charge in [0.05, 0.1) is 12.8 Å². The third-order valence-electron chi connectivity index (χ3n) is 12.7. The van der Waals surface area contributed by atoms with E-state index in [2.05, 4.69) is 44.1 Å². The number of unbranched alkanes of at least 4 members (excludes halogenated alkanes) is 8. The number of nitrogens with one attached hydrogen (secondary N) is 7. The van der Waals surface area contributed by atoms with Crippen LogP contribution >= 0.6 is 0 Å². The highest BCUT2D eigenvalue weighted by atomic mass is 16.5. The highest BCUT2D eigenvalue weighted by molar-refractivity contribution is 5.98. The van der Waals surface area contributed by atoms with Crippen molar-refractivity contribution in [3.63, 3.8) is 0 Å². The van der Waals surface area contributed by atoms with Gasteiger partial charge in [0.1, 0.15) is 48.4 Å². The maximum absolute atomic E-state index is 14.3. The summed E-state index contributed by atoms with van der Waals surface area (Å²) in [5.74, 6) is -10.4. The van der Waals surface area contributed by atoms with Crippen LogP contribution in [0.4, 0.5) is 0 Å². The molecule has 1 aliphatic rings. The van der Waals surface area contributed by atoms with Crippen molar-refractivity contribution in [1.29, 1.82) is 0 Å². The Morgan fingerprint density at radius 2 is 0.958 bits per heavy atom. The van der Waals surface area contributed by atoms with Gasteiger partial charge in [-0.25, -0.2) is 4.79 Å². The molecule has 0 radical (unpaired) electrons. The lowest BCUT2D eigenvalue weighted by molar-refractivity contribution is -0.156. The number of carboxylic acid groups (broad SMARTS) is 1. The number of carbonyl (C=O) groups is 10. The standard InChI is InChI=1S/C52H92N8O12/c1-12-14-15-16-17-18-19-20-21-22-35-28-42(62)54-36(23-24-41(53)61)46(65)55-37(25-30(3)4)47(66)56-38(26-31(5)6)49(68)59-44(33(9)10)51(70)58-40(29-43(63)64)48(67)57-39(27-32(7)8)50(69)60-45(34(11)13-2)52(71)72-35/h30-40,44-45H,12-29H2,1-11H3,(H2,53,61)(H,54,62)(H,55,65)(H,56,66)(H,57,67)(H,58,70)(H,59,68)(H,60,69)(H,63,64)/t34-,35?,36-,37-,38+,39-,40-,44-,45-/m0/s1. The lowest BCUT2D eigenvalue weighted by Gasteiger charge is -2.30. The van der Waals surface area contributed by atoms with Crippen LogP contribution in [0, 0.1) is 29.6 Å². The number of hydrogen-bond acceptors (Lipinski definition) is 11. The third kappa shape index (κ3) is 25.9. The number of aliphatic carboxylic acids is 1. The van der Waals surface area contributed by atoms with Gasteiger partial charge >= 0.3 is 11.9 Å². The molecular weight excluding hydrogens is 929 g/mol. The van der Waals surface area contributed by atoms with Gasteiger partial charge in [0.15, 0.2) is 0 Å². The molecule has 1 saturated heterocycles. The smallest absolute Gasteiger partial charge is 0.329 e. The van der Waals surface area contributed by atoms with Crippen molar-refractivity contribution in [2.24, 2.45) is 35.3 Å². The summed E-state index contributed by atoms with van der Waals surface area (Å²) in [6.45, 7) is 19.8. The molecule has 10 N–H and O–H groups in total. The summed E-state index contributed by atoms with van der Waals surface area (Å²) in [4.78, 5) is 137. The number of hydrogen-bond donors (Lipinski definition) is 9. The van der Waals surface area contributed by atoms with E-state index in [4.69, 9.17) is 10.5 Å². The van der Waals surface area contributed by atoms with Crippen molar-refractivity contribution in [3.05, 3.63) is 0 Å². The molecule has 1 aliphatic heterocycles. The van der Waals surface area contributed by atoms with Gasteiger partial charge in [0.2, 0.25) is 47.3 Å². The number of carbonyl (C=O) groups excluding carboxylic acids is 9. The fraction of sp³-hybridized carbons (Fsp3) is 0.808. The number of primary amides is 1. The van der Waals surface area contributed by atoms with Gasteiger partial charge in [0, 0.05) is 6.42 Å². The number of carboxylic acids is 1. The first-order valence-electron chi connectivity index (χ1n) is 26.6. The minimum absolute atomic E-state index is 0.0468. The number of ether oxygens (including phenoxy) is 1. The Balaban J connectivity index is 3.98. The Bertz CT molecular complexity index is 1770. The number of amides is 8. The first kappa shape index (κ1) is 64.7. The molecule has 412 valence electrons. The van der Waals surface area contributed by atoms with Crippen molar-refractivity contribution in [2.45, 2.75) is 240 Å². The predicted molar refractivity (Wildman–Crippen MR) is 273 cm³/mol. The highest BCUT2D eigenvalue weighted by Gasteiger charge is 2.38. The molecule has 1 rings (SSSR count). The number of nitrogens with two attached hydrogens (primary N) is 1. The molecule has 1 heterocycles. The summed E-state index contributed by atoms with van der Waals surface area (Å²) < 4.78 is 6.07. The molecule has 0 aromatic carbocycles. The number of cyclic esters (lactones) is 1. The van der Waals surface area contributed by atoms with Gasteiger partial charge in [-0.1, -0.05) is 134 Å². The first-order chi connectivity index (χ1) is 33.8. The summed E-state index contributed by atoms with van der Waals surface area (Å²) >= 11 is 0. The lowest BCUT2D eigenvalue weighted by Crippen LogP contribution is -2.61. The summed E-state index contributed by atoms with van der Waals surface area (Å²) in [6.07, 6.45) is 7.10. The zero-order valence-electron chi connectivity index (χ0n) is 45.2. The Kier molecular flexibility index (Phi) is 30.7. The van der Waals surface area contributed by atoms with Crippen LogP contribution in [0.25, 0.3) is 0 Å². The van der Waals surface area contributed by atoms with Crippen LogP contribution in [-0.4, -0.2) is 113 Å². The normalized spacial score (nSPS) is 24.5. The molecule has 0 saturated carbocycles. The Labute approximate surface area is 428 Å². The van der Waals surface area contributed by atoms with Crippen LogP contribution in [-0.2, 0) is 52.7 Å². The van der Waals surface area contributed by atoms with Gasteiger partial charge in [-0.15, -0.1) is 0 Å². The average Bonchev–Trinajstić information content (AvgIpc) is 3.27. The van der Waals surface area contributed by atoms with E-state index in [1.807, 2.05) is 34.6 Å². The monoisotopic (exact) mass is 1020 g/mol. The van der Waals surface area contributed by atoms with Crippen molar-refractivity contribution in [3.8, 4) is 0 Å². The number of esters is 1. The maximum atomic E-state index is 14.3. The fourth-order valence-corrected chi connectivity index (χ4v) is 8.42. The summed E-state index contributed by atoms with van der Waals surface area (Å²) in [7, 11) is 0. The molecule has 9 atom stereocenters. The minimum atomic E-state index is -1.72. The van der Waals surface area contributed by atoms with Crippen molar-refractivity contribution >= 4 is 59.2 Å². The summed E-state index contributed by atoms with van der Waals surface area (Å²) in [5.41, 5.74) is 5.49. The molecule has 0 aromatic rings. The topological polar surface area (TPSA) is 310 Å². The van der Waals surface area contributed by atoms with Crippen molar-refractivity contribution < 1.29 is 57.8 Å². The van der Waals surface area contributed by atoms with E-state index in [0.717, 1.165) is 38.5 Å². The quantitative estimate of drug-likeness (QED) is 0.0486. The average molecular weight is 1020 g/mol. The van der Waals surface area contributed by atoms with Crippen LogP contribution in [0.1, 0.15) is 192 Å². The zero-order chi connectivity index (χ0) is 54.7. The SMILES string of the molecule is CCCCCCCCCCCC1CC(=O)N[C@@H](CCC(N)=O)C(=O)N[C@@H](CC(C)C)C(=O)N[C@H](CC(C)C)C(=O)N[C@@H](C(C)C)C(=O)N[C@@H](CC(=O)O)C(=O)N[C@@H](CC(C)C)C(=O)N[C@@H]([C@@H](C)CC)C(=O)O1. The molecule has 0 spiro atoms. The van der Waals surface area contributed by atoms with Gasteiger partial charge < -0.3 is 52.8 Å².